The topological polar surface area (TPSA) is 74.6 Å². The van der Waals surface area contributed by atoms with Crippen molar-refractivity contribution in [3.05, 3.63) is 28.5 Å². The van der Waals surface area contributed by atoms with Crippen molar-refractivity contribution in [1.82, 2.24) is 10.2 Å². The number of carbonyl (C=O) groups excluding carboxylic acids is 2. The molecule has 1 saturated heterocycles. The number of hydrogen-bond acceptors (Lipinski definition) is 3. The van der Waals surface area contributed by atoms with Gasteiger partial charge in [0.15, 0.2) is 5.76 Å². The monoisotopic (exact) mass is 399 g/mol. The van der Waals surface area contributed by atoms with Gasteiger partial charge >= 0.3 is 6.03 Å². The minimum atomic E-state index is -0.480. The molecular weight excluding hydrogens is 378 g/mol. The van der Waals surface area contributed by atoms with Gasteiger partial charge in [0.05, 0.1) is 16.2 Å². The van der Waals surface area contributed by atoms with Gasteiger partial charge in [-0.15, -0.1) is 0 Å². The molecule has 1 aromatic carbocycles. The van der Waals surface area contributed by atoms with E-state index in [9.17, 15) is 9.59 Å². The van der Waals surface area contributed by atoms with Crippen molar-refractivity contribution in [2.75, 3.05) is 18.4 Å². The minimum absolute atomic E-state index is 0.0428. The molecule has 1 spiro atoms. The maximum absolute atomic E-state index is 13.0. The van der Waals surface area contributed by atoms with Crippen molar-refractivity contribution >= 4 is 40.2 Å². The number of likely N-dealkylation sites (tertiary alicyclic amines) is 1. The largest absolute Gasteiger partial charge is 0.450 e. The number of rotatable bonds is 1. The molecule has 2 atom stereocenters. The van der Waals surface area contributed by atoms with Crippen LogP contribution in [0.3, 0.4) is 0 Å². The molecule has 28 heavy (non-hydrogen) atoms. The number of nitrogens with zero attached hydrogens (tertiary/aromatic N) is 1. The summed E-state index contributed by atoms with van der Waals surface area (Å²) in [7, 11) is 0. The molecule has 2 saturated carbocycles. The van der Waals surface area contributed by atoms with Crippen LogP contribution in [0, 0.1) is 11.8 Å². The Morgan fingerprint density at radius 1 is 1.18 bits per heavy atom. The molecule has 0 radical (unpaired) electrons. The molecule has 2 aliphatic heterocycles. The lowest BCUT2D eigenvalue weighted by molar-refractivity contribution is 0.0746. The number of nitrogens with one attached hydrogen (secondary N) is 2. The zero-order chi connectivity index (χ0) is 19.0. The zero-order valence-corrected chi connectivity index (χ0v) is 16.3. The lowest BCUT2D eigenvalue weighted by Crippen LogP contribution is -2.52. The van der Waals surface area contributed by atoms with Crippen LogP contribution in [0.2, 0.25) is 5.02 Å². The van der Waals surface area contributed by atoms with Crippen molar-refractivity contribution in [2.24, 2.45) is 11.8 Å². The lowest BCUT2D eigenvalue weighted by atomic mass is 9.74. The van der Waals surface area contributed by atoms with E-state index in [4.69, 9.17) is 16.0 Å². The molecule has 6 rings (SSSR count). The average molecular weight is 400 g/mol. The summed E-state index contributed by atoms with van der Waals surface area (Å²) in [6.07, 6.45) is 6.18. The van der Waals surface area contributed by atoms with E-state index in [1.54, 1.807) is 12.1 Å². The molecule has 2 aliphatic carbocycles. The smallest absolute Gasteiger partial charge is 0.319 e. The van der Waals surface area contributed by atoms with Crippen LogP contribution < -0.4 is 10.6 Å². The molecular formula is C21H22ClN3O3. The minimum Gasteiger partial charge on any atom is -0.450 e. The molecule has 2 N–H and O–H groups in total. The van der Waals surface area contributed by atoms with E-state index in [1.807, 2.05) is 4.90 Å². The van der Waals surface area contributed by atoms with Crippen LogP contribution >= 0.6 is 11.6 Å². The van der Waals surface area contributed by atoms with Crippen molar-refractivity contribution in [1.29, 1.82) is 0 Å². The lowest BCUT2D eigenvalue weighted by Gasteiger charge is -2.42. The summed E-state index contributed by atoms with van der Waals surface area (Å²) in [5, 5.41) is 7.32. The summed E-state index contributed by atoms with van der Waals surface area (Å²) in [5.41, 5.74) is 1.71. The number of benzene rings is 1. The van der Waals surface area contributed by atoms with Crippen molar-refractivity contribution in [3.63, 3.8) is 0 Å². The van der Waals surface area contributed by atoms with Gasteiger partial charge in [0, 0.05) is 24.0 Å². The van der Waals surface area contributed by atoms with Gasteiger partial charge in [-0.05, 0) is 43.2 Å². The molecule has 6 nitrogen and oxygen atoms in total. The fourth-order valence-electron chi connectivity index (χ4n) is 5.51. The highest BCUT2D eigenvalue weighted by atomic mass is 35.5. The normalized spacial score (nSPS) is 27.3. The van der Waals surface area contributed by atoms with Gasteiger partial charge in [-0.3, -0.25) is 4.79 Å². The molecule has 1 aromatic heterocycles. The number of amides is 3. The number of hydrogen-bond donors (Lipinski definition) is 2. The van der Waals surface area contributed by atoms with Crippen LogP contribution in [-0.4, -0.2) is 29.9 Å². The quantitative estimate of drug-likeness (QED) is 0.742. The molecule has 3 heterocycles. The number of piperidine rings is 1. The van der Waals surface area contributed by atoms with E-state index in [-0.39, 0.29) is 11.9 Å². The molecule has 146 valence electrons. The summed E-state index contributed by atoms with van der Waals surface area (Å²) >= 11 is 6.55. The van der Waals surface area contributed by atoms with Gasteiger partial charge in [-0.2, -0.15) is 0 Å². The molecule has 4 aliphatic rings. The number of halogens is 1. The summed E-state index contributed by atoms with van der Waals surface area (Å²) in [6, 6.07) is 3.37. The third-order valence-electron chi connectivity index (χ3n) is 7.01. The standard InChI is InChI=1S/C21H22ClN3O3/c22-14-7-11-8-15(19(26)25-9-12-6-13(12)10-25)28-18(11)16-17(14)23-20(27)24-21(16)4-2-1-3-5-21/h7-8,12-13H,1-6,9-10H2,(H2,23,24,27)/t12-,13+. The third-order valence-corrected chi connectivity index (χ3v) is 7.31. The number of carbonyl (C=O) groups is 2. The average Bonchev–Trinajstić information content (AvgIpc) is 3.09. The molecule has 3 amide bonds. The summed E-state index contributed by atoms with van der Waals surface area (Å²) in [5.74, 6) is 1.68. The fraction of sp³-hybridized carbons (Fsp3) is 0.524. The first-order valence-electron chi connectivity index (χ1n) is 10.2. The Hall–Kier alpha value is -2.21. The van der Waals surface area contributed by atoms with E-state index in [0.717, 1.165) is 56.1 Å². The first-order valence-corrected chi connectivity index (χ1v) is 10.6. The van der Waals surface area contributed by atoms with E-state index in [2.05, 4.69) is 10.6 Å². The fourth-order valence-corrected chi connectivity index (χ4v) is 5.77. The SMILES string of the molecule is O=C1Nc2c(Cl)cc3cc(C(=O)N4C[C@H]5C[C@H]5C4)oc3c2C2(CCCCC2)N1. The number of anilines is 1. The molecule has 7 heteroatoms. The second kappa shape index (κ2) is 5.66. The second-order valence-corrected chi connectivity index (χ2v) is 9.23. The van der Waals surface area contributed by atoms with Gasteiger partial charge < -0.3 is 20.0 Å². The maximum atomic E-state index is 13.0. The van der Waals surface area contributed by atoms with Crippen molar-refractivity contribution in [3.8, 4) is 0 Å². The van der Waals surface area contributed by atoms with Crippen LogP contribution in [0.25, 0.3) is 11.0 Å². The van der Waals surface area contributed by atoms with E-state index in [1.165, 1.54) is 6.42 Å². The Kier molecular flexibility index (Phi) is 3.38. The highest BCUT2D eigenvalue weighted by Crippen LogP contribution is 2.49. The van der Waals surface area contributed by atoms with E-state index < -0.39 is 5.54 Å². The van der Waals surface area contributed by atoms with Gasteiger partial charge in [-0.25, -0.2) is 4.79 Å². The Bertz CT molecular complexity index is 1010. The van der Waals surface area contributed by atoms with E-state index in [0.29, 0.717) is 33.9 Å². The maximum Gasteiger partial charge on any atom is 0.319 e. The van der Waals surface area contributed by atoms with Gasteiger partial charge in [0.2, 0.25) is 0 Å². The van der Waals surface area contributed by atoms with Crippen LogP contribution in [0.4, 0.5) is 10.5 Å². The Morgan fingerprint density at radius 2 is 1.93 bits per heavy atom. The first kappa shape index (κ1) is 16.7. The van der Waals surface area contributed by atoms with Gasteiger partial charge in [-0.1, -0.05) is 30.9 Å². The third kappa shape index (κ3) is 2.33. The first-order chi connectivity index (χ1) is 13.5. The second-order valence-electron chi connectivity index (χ2n) is 8.83. The molecule has 3 fully saturated rings. The highest BCUT2D eigenvalue weighted by Gasteiger charge is 2.47. The van der Waals surface area contributed by atoms with Crippen LogP contribution in [0.1, 0.15) is 54.6 Å². The van der Waals surface area contributed by atoms with Crippen LogP contribution in [-0.2, 0) is 5.54 Å². The number of furan rings is 1. The molecule has 0 unspecified atom stereocenters. The molecule has 2 aromatic rings. The van der Waals surface area contributed by atoms with E-state index >= 15 is 0 Å². The zero-order valence-electron chi connectivity index (χ0n) is 15.5. The van der Waals surface area contributed by atoms with Gasteiger partial charge in [0.1, 0.15) is 5.58 Å². The number of fused-ring (bicyclic) bond motifs is 5. The predicted octanol–water partition coefficient (Wildman–Crippen LogP) is 4.47. The summed E-state index contributed by atoms with van der Waals surface area (Å²) in [6.45, 7) is 1.67. The van der Waals surface area contributed by atoms with Gasteiger partial charge in [0.25, 0.3) is 5.91 Å². The Labute approximate surface area is 167 Å². The Balaban J connectivity index is 1.49. The number of urea groups is 1. The Morgan fingerprint density at radius 3 is 2.68 bits per heavy atom. The summed E-state index contributed by atoms with van der Waals surface area (Å²) < 4.78 is 6.17. The van der Waals surface area contributed by atoms with Crippen LogP contribution in [0.5, 0.6) is 0 Å². The molecule has 0 bridgehead atoms. The van der Waals surface area contributed by atoms with Crippen molar-refractivity contribution in [2.45, 2.75) is 44.1 Å². The highest BCUT2D eigenvalue weighted by molar-refractivity contribution is 6.35. The van der Waals surface area contributed by atoms with Crippen LogP contribution in [0.15, 0.2) is 16.5 Å². The summed E-state index contributed by atoms with van der Waals surface area (Å²) in [4.78, 5) is 27.2. The van der Waals surface area contributed by atoms with Crippen molar-refractivity contribution < 1.29 is 14.0 Å². The predicted molar refractivity (Wildman–Crippen MR) is 106 cm³/mol.